The van der Waals surface area contributed by atoms with Crippen molar-refractivity contribution in [3.63, 3.8) is 0 Å². The van der Waals surface area contributed by atoms with E-state index in [9.17, 15) is 14.7 Å². The molecule has 0 bridgehead atoms. The highest BCUT2D eigenvalue weighted by atomic mass is 16.5. The van der Waals surface area contributed by atoms with Crippen LogP contribution >= 0.6 is 0 Å². The number of nitrogens with one attached hydrogen (secondary N) is 2. The van der Waals surface area contributed by atoms with Crippen molar-refractivity contribution < 1.29 is 19.4 Å². The summed E-state index contributed by atoms with van der Waals surface area (Å²) in [6.07, 6.45) is 0.450. The first-order valence-corrected chi connectivity index (χ1v) is 6.87. The van der Waals surface area contributed by atoms with Crippen molar-refractivity contribution >= 4 is 17.5 Å². The van der Waals surface area contributed by atoms with Gasteiger partial charge in [-0.15, -0.1) is 0 Å². The molecule has 0 saturated carbocycles. The zero-order valence-corrected chi connectivity index (χ0v) is 12.2. The molecule has 6 heteroatoms. The Morgan fingerprint density at radius 2 is 2.10 bits per heavy atom. The summed E-state index contributed by atoms with van der Waals surface area (Å²) in [5.41, 5.74) is 1.49. The van der Waals surface area contributed by atoms with E-state index in [1.165, 1.54) is 0 Å². The topological polar surface area (TPSA) is 87.7 Å². The molecule has 21 heavy (non-hydrogen) atoms. The summed E-state index contributed by atoms with van der Waals surface area (Å²) >= 11 is 0. The van der Waals surface area contributed by atoms with Crippen LogP contribution in [0.15, 0.2) is 18.2 Å². The Hall–Kier alpha value is -1.92. The summed E-state index contributed by atoms with van der Waals surface area (Å²) in [5.74, 6) is -1.51. The molecule has 1 aliphatic heterocycles. The normalized spacial score (nSPS) is 21.1. The van der Waals surface area contributed by atoms with E-state index in [-0.39, 0.29) is 13.2 Å². The number of amides is 2. The minimum Gasteiger partial charge on any atom is -0.386 e. The molecule has 0 radical (unpaired) electrons. The second kappa shape index (κ2) is 6.24. The van der Waals surface area contributed by atoms with Crippen LogP contribution in [0.5, 0.6) is 0 Å². The van der Waals surface area contributed by atoms with Gasteiger partial charge in [-0.05, 0) is 31.0 Å². The lowest BCUT2D eigenvalue weighted by Crippen LogP contribution is -2.46. The molecule has 1 aromatic rings. The Kier molecular flexibility index (Phi) is 4.59. The smallest absolute Gasteiger partial charge is 0.313 e. The third-order valence-corrected chi connectivity index (χ3v) is 3.72. The lowest BCUT2D eigenvalue weighted by atomic mass is 10.0. The van der Waals surface area contributed by atoms with Crippen molar-refractivity contribution in [2.75, 3.05) is 25.1 Å². The van der Waals surface area contributed by atoms with E-state index in [0.29, 0.717) is 18.7 Å². The molecule has 0 spiro atoms. The highest BCUT2D eigenvalue weighted by Crippen LogP contribution is 2.18. The largest absolute Gasteiger partial charge is 0.386 e. The summed E-state index contributed by atoms with van der Waals surface area (Å²) in [5, 5.41) is 15.0. The molecule has 1 heterocycles. The van der Waals surface area contributed by atoms with Gasteiger partial charge in [-0.25, -0.2) is 0 Å². The number of carbonyl (C=O) groups excluding carboxylic acids is 2. The van der Waals surface area contributed by atoms with Crippen LogP contribution in [0.3, 0.4) is 0 Å². The van der Waals surface area contributed by atoms with Crippen LogP contribution in [0.25, 0.3) is 0 Å². The number of hydrogen-bond acceptors (Lipinski definition) is 4. The maximum atomic E-state index is 11.8. The number of anilines is 1. The molecule has 6 nitrogen and oxygen atoms in total. The molecule has 1 saturated heterocycles. The summed E-state index contributed by atoms with van der Waals surface area (Å²) in [6, 6.07) is 5.49. The third kappa shape index (κ3) is 3.80. The number of rotatable bonds is 3. The van der Waals surface area contributed by atoms with E-state index in [2.05, 4.69) is 10.6 Å². The van der Waals surface area contributed by atoms with E-state index in [4.69, 9.17) is 4.74 Å². The van der Waals surface area contributed by atoms with E-state index < -0.39 is 17.4 Å². The first-order valence-electron chi connectivity index (χ1n) is 6.87. The molecule has 2 amide bonds. The van der Waals surface area contributed by atoms with Gasteiger partial charge in [0.15, 0.2) is 0 Å². The van der Waals surface area contributed by atoms with E-state index in [1.54, 1.807) is 6.07 Å². The number of hydrogen-bond donors (Lipinski definition) is 3. The number of aryl methyl sites for hydroxylation is 1. The monoisotopic (exact) mass is 292 g/mol. The number of carbonyl (C=O) groups is 2. The average molecular weight is 292 g/mol. The van der Waals surface area contributed by atoms with Crippen molar-refractivity contribution in [3.8, 4) is 0 Å². The fourth-order valence-electron chi connectivity index (χ4n) is 2.13. The fraction of sp³-hybridized carbons (Fsp3) is 0.467. The van der Waals surface area contributed by atoms with Crippen LogP contribution in [-0.4, -0.2) is 42.3 Å². The summed E-state index contributed by atoms with van der Waals surface area (Å²) in [6.45, 7) is 4.45. The van der Waals surface area contributed by atoms with E-state index in [1.807, 2.05) is 26.0 Å². The van der Waals surface area contributed by atoms with Gasteiger partial charge in [0.1, 0.15) is 5.60 Å². The lowest BCUT2D eigenvalue weighted by molar-refractivity contribution is -0.136. The predicted molar refractivity (Wildman–Crippen MR) is 77.9 cm³/mol. The van der Waals surface area contributed by atoms with Gasteiger partial charge in [-0.3, -0.25) is 9.59 Å². The van der Waals surface area contributed by atoms with Gasteiger partial charge in [0.05, 0.1) is 6.61 Å². The van der Waals surface area contributed by atoms with Crippen molar-refractivity contribution in [1.29, 1.82) is 0 Å². The maximum Gasteiger partial charge on any atom is 0.313 e. The molecular weight excluding hydrogens is 272 g/mol. The molecule has 2 rings (SSSR count). The highest BCUT2D eigenvalue weighted by molar-refractivity contribution is 6.39. The Morgan fingerprint density at radius 1 is 1.33 bits per heavy atom. The predicted octanol–water partition coefficient (Wildman–Crippen LogP) is 0.510. The quantitative estimate of drug-likeness (QED) is 0.708. The van der Waals surface area contributed by atoms with Gasteiger partial charge >= 0.3 is 11.8 Å². The second-order valence-electron chi connectivity index (χ2n) is 5.41. The standard InChI is InChI=1S/C15H20N2O4/c1-10-4-3-5-12(11(10)2)17-14(19)13(18)16-8-15(20)6-7-21-9-15/h3-5,20H,6-9H2,1-2H3,(H,16,18)(H,17,19). The summed E-state index contributed by atoms with van der Waals surface area (Å²) < 4.78 is 5.08. The number of ether oxygens (including phenoxy) is 1. The number of aliphatic hydroxyl groups is 1. The van der Waals surface area contributed by atoms with Gasteiger partial charge in [0.2, 0.25) is 0 Å². The molecule has 114 valence electrons. The summed E-state index contributed by atoms with van der Waals surface area (Å²) in [7, 11) is 0. The zero-order valence-electron chi connectivity index (χ0n) is 12.2. The molecule has 1 unspecified atom stereocenters. The Balaban J connectivity index is 1.91. The highest BCUT2D eigenvalue weighted by Gasteiger charge is 2.33. The molecule has 0 aliphatic carbocycles. The van der Waals surface area contributed by atoms with Gasteiger partial charge in [-0.2, -0.15) is 0 Å². The minimum absolute atomic E-state index is 0.00600. The van der Waals surface area contributed by atoms with Crippen molar-refractivity contribution in [2.24, 2.45) is 0 Å². The van der Waals surface area contributed by atoms with Crippen molar-refractivity contribution in [1.82, 2.24) is 5.32 Å². The average Bonchev–Trinajstić information content (AvgIpc) is 2.88. The lowest BCUT2D eigenvalue weighted by Gasteiger charge is -2.20. The van der Waals surface area contributed by atoms with Crippen LogP contribution < -0.4 is 10.6 Å². The third-order valence-electron chi connectivity index (χ3n) is 3.72. The van der Waals surface area contributed by atoms with Gasteiger partial charge in [-0.1, -0.05) is 12.1 Å². The van der Waals surface area contributed by atoms with Crippen LogP contribution in [0, 0.1) is 13.8 Å². The molecule has 0 aromatic heterocycles. The first-order chi connectivity index (χ1) is 9.91. The molecule has 1 aliphatic rings. The van der Waals surface area contributed by atoms with E-state index in [0.717, 1.165) is 11.1 Å². The van der Waals surface area contributed by atoms with Crippen LogP contribution in [0.4, 0.5) is 5.69 Å². The van der Waals surface area contributed by atoms with E-state index >= 15 is 0 Å². The van der Waals surface area contributed by atoms with Gasteiger partial charge < -0.3 is 20.5 Å². The molecular formula is C15H20N2O4. The Labute approximate surface area is 123 Å². The minimum atomic E-state index is -1.07. The molecule has 3 N–H and O–H groups in total. The van der Waals surface area contributed by atoms with Crippen molar-refractivity contribution in [2.45, 2.75) is 25.9 Å². The van der Waals surface area contributed by atoms with Crippen molar-refractivity contribution in [3.05, 3.63) is 29.3 Å². The number of benzene rings is 1. The Bertz CT molecular complexity index is 551. The Morgan fingerprint density at radius 3 is 2.76 bits per heavy atom. The van der Waals surface area contributed by atoms with Crippen LogP contribution in [0.2, 0.25) is 0 Å². The SMILES string of the molecule is Cc1cccc(NC(=O)C(=O)NCC2(O)CCOC2)c1C. The van der Waals surface area contributed by atoms with Crippen LogP contribution in [0.1, 0.15) is 17.5 Å². The molecule has 1 atom stereocenters. The van der Waals surface area contributed by atoms with Gasteiger partial charge in [0.25, 0.3) is 0 Å². The molecule has 1 fully saturated rings. The first kappa shape index (κ1) is 15.5. The van der Waals surface area contributed by atoms with Gasteiger partial charge in [0, 0.05) is 25.3 Å². The fourth-order valence-corrected chi connectivity index (χ4v) is 2.13. The molecule has 1 aromatic carbocycles. The zero-order chi connectivity index (χ0) is 15.5. The maximum absolute atomic E-state index is 11.8. The summed E-state index contributed by atoms with van der Waals surface area (Å²) in [4.78, 5) is 23.6. The van der Waals surface area contributed by atoms with Crippen LogP contribution in [-0.2, 0) is 14.3 Å². The second-order valence-corrected chi connectivity index (χ2v) is 5.41.